The van der Waals surface area contributed by atoms with E-state index in [-0.39, 0.29) is 0 Å². The fourth-order valence-corrected chi connectivity index (χ4v) is 1.88. The minimum Gasteiger partial charge on any atom is -0.472 e. The molecule has 0 aliphatic rings. The van der Waals surface area contributed by atoms with Crippen LogP contribution in [-0.4, -0.2) is 5.11 Å². The zero-order chi connectivity index (χ0) is 10.7. The molecule has 0 saturated carbocycles. The van der Waals surface area contributed by atoms with Crippen molar-refractivity contribution in [1.29, 1.82) is 0 Å². The first-order valence-electron chi connectivity index (χ1n) is 4.70. The van der Waals surface area contributed by atoms with E-state index in [0.717, 1.165) is 15.6 Å². The number of aliphatic hydroxyl groups is 1. The first-order chi connectivity index (χ1) is 7.25. The van der Waals surface area contributed by atoms with E-state index in [9.17, 15) is 5.11 Å². The molecule has 0 saturated heterocycles. The Balaban J connectivity index is 2.11. The second kappa shape index (κ2) is 4.64. The third-order valence-electron chi connectivity index (χ3n) is 2.24. The molecule has 15 heavy (non-hydrogen) atoms. The summed E-state index contributed by atoms with van der Waals surface area (Å²) in [6.45, 7) is 0. The number of hydrogen-bond donors (Lipinski definition) is 1. The molecule has 0 radical (unpaired) electrons. The quantitative estimate of drug-likeness (QED) is 0.925. The average molecular weight is 267 g/mol. The highest BCUT2D eigenvalue weighted by molar-refractivity contribution is 9.10. The number of rotatable bonds is 3. The van der Waals surface area contributed by atoms with Gasteiger partial charge in [0.2, 0.25) is 0 Å². The molecule has 0 bridgehead atoms. The van der Waals surface area contributed by atoms with Crippen LogP contribution in [0.2, 0.25) is 0 Å². The van der Waals surface area contributed by atoms with E-state index < -0.39 is 6.10 Å². The van der Waals surface area contributed by atoms with Gasteiger partial charge in [0.1, 0.15) is 0 Å². The van der Waals surface area contributed by atoms with E-state index in [1.165, 1.54) is 0 Å². The predicted octanol–water partition coefficient (Wildman–Crippen LogP) is 3.32. The van der Waals surface area contributed by atoms with Gasteiger partial charge >= 0.3 is 0 Å². The van der Waals surface area contributed by atoms with E-state index in [1.807, 2.05) is 30.3 Å². The van der Waals surface area contributed by atoms with Gasteiger partial charge in [0, 0.05) is 10.9 Å². The summed E-state index contributed by atoms with van der Waals surface area (Å²) in [5.41, 5.74) is 1.91. The molecule has 2 nitrogen and oxygen atoms in total. The highest BCUT2D eigenvalue weighted by Gasteiger charge is 2.09. The summed E-state index contributed by atoms with van der Waals surface area (Å²) in [6.07, 6.45) is 3.36. The van der Waals surface area contributed by atoms with Crippen LogP contribution in [0.3, 0.4) is 0 Å². The van der Waals surface area contributed by atoms with Crippen molar-refractivity contribution in [3.8, 4) is 0 Å². The largest absolute Gasteiger partial charge is 0.472 e. The molecule has 0 spiro atoms. The third kappa shape index (κ3) is 2.70. The van der Waals surface area contributed by atoms with Gasteiger partial charge in [-0.3, -0.25) is 0 Å². The maximum atomic E-state index is 9.95. The molecule has 1 aromatic carbocycles. The Morgan fingerprint density at radius 1 is 1.33 bits per heavy atom. The number of hydrogen-bond acceptors (Lipinski definition) is 2. The number of aliphatic hydroxyl groups excluding tert-OH is 1. The molecule has 1 atom stereocenters. The van der Waals surface area contributed by atoms with Crippen molar-refractivity contribution in [3.63, 3.8) is 0 Å². The third-order valence-corrected chi connectivity index (χ3v) is 2.74. The Hall–Kier alpha value is -1.06. The first-order valence-corrected chi connectivity index (χ1v) is 5.49. The van der Waals surface area contributed by atoms with Gasteiger partial charge in [-0.25, -0.2) is 0 Å². The van der Waals surface area contributed by atoms with Crippen molar-refractivity contribution in [3.05, 3.63) is 58.5 Å². The number of halogens is 1. The summed E-state index contributed by atoms with van der Waals surface area (Å²) in [4.78, 5) is 0. The van der Waals surface area contributed by atoms with E-state index >= 15 is 0 Å². The molecule has 3 heteroatoms. The van der Waals surface area contributed by atoms with Crippen LogP contribution in [0.1, 0.15) is 17.2 Å². The lowest BCUT2D eigenvalue weighted by Crippen LogP contribution is -2.00. The first kappa shape index (κ1) is 10.5. The Bertz CT molecular complexity index is 423. The maximum absolute atomic E-state index is 9.95. The van der Waals surface area contributed by atoms with Gasteiger partial charge in [-0.05, 0) is 29.3 Å². The predicted molar refractivity (Wildman–Crippen MR) is 61.5 cm³/mol. The van der Waals surface area contributed by atoms with Crippen LogP contribution >= 0.6 is 15.9 Å². The SMILES string of the molecule is OC(Cc1ccoc1)c1cccc(Br)c1. The Labute approximate surface area is 96.7 Å². The van der Waals surface area contributed by atoms with Crippen molar-refractivity contribution in [2.24, 2.45) is 0 Å². The summed E-state index contributed by atoms with van der Waals surface area (Å²) in [5.74, 6) is 0. The average Bonchev–Trinajstić information content (AvgIpc) is 2.70. The normalized spacial score (nSPS) is 12.7. The van der Waals surface area contributed by atoms with Gasteiger partial charge in [0.15, 0.2) is 0 Å². The van der Waals surface area contributed by atoms with Crippen LogP contribution in [0.15, 0.2) is 51.7 Å². The van der Waals surface area contributed by atoms with Gasteiger partial charge in [0.25, 0.3) is 0 Å². The second-order valence-electron chi connectivity index (χ2n) is 3.41. The number of benzene rings is 1. The number of furan rings is 1. The summed E-state index contributed by atoms with van der Waals surface area (Å²) in [5, 5.41) is 9.95. The van der Waals surface area contributed by atoms with Gasteiger partial charge in [-0.2, -0.15) is 0 Å². The molecule has 1 heterocycles. The van der Waals surface area contributed by atoms with Crippen molar-refractivity contribution in [2.45, 2.75) is 12.5 Å². The molecule has 0 amide bonds. The van der Waals surface area contributed by atoms with Crippen molar-refractivity contribution in [1.82, 2.24) is 0 Å². The van der Waals surface area contributed by atoms with E-state index in [0.29, 0.717) is 6.42 Å². The molecular weight excluding hydrogens is 256 g/mol. The van der Waals surface area contributed by atoms with Gasteiger partial charge < -0.3 is 9.52 Å². The second-order valence-corrected chi connectivity index (χ2v) is 4.32. The van der Waals surface area contributed by atoms with Crippen LogP contribution < -0.4 is 0 Å². The molecular formula is C12H11BrO2. The molecule has 1 N–H and O–H groups in total. The van der Waals surface area contributed by atoms with Crippen molar-refractivity contribution in [2.75, 3.05) is 0 Å². The van der Waals surface area contributed by atoms with Gasteiger partial charge in [0.05, 0.1) is 18.6 Å². The lowest BCUT2D eigenvalue weighted by molar-refractivity contribution is 0.178. The highest BCUT2D eigenvalue weighted by Crippen LogP contribution is 2.21. The lowest BCUT2D eigenvalue weighted by atomic mass is 10.0. The molecule has 1 aromatic heterocycles. The maximum Gasteiger partial charge on any atom is 0.0935 e. The standard InChI is InChI=1S/C12H11BrO2/c13-11-3-1-2-10(7-11)12(14)6-9-4-5-15-8-9/h1-5,7-8,12,14H,6H2. The van der Waals surface area contributed by atoms with Crippen LogP contribution in [0.4, 0.5) is 0 Å². The fraction of sp³-hybridized carbons (Fsp3) is 0.167. The van der Waals surface area contributed by atoms with Gasteiger partial charge in [-0.1, -0.05) is 28.1 Å². The molecule has 2 aromatic rings. The van der Waals surface area contributed by atoms with Crippen molar-refractivity contribution < 1.29 is 9.52 Å². The zero-order valence-corrected chi connectivity index (χ0v) is 9.65. The Morgan fingerprint density at radius 3 is 2.87 bits per heavy atom. The zero-order valence-electron chi connectivity index (χ0n) is 8.06. The molecule has 0 aliphatic carbocycles. The van der Waals surface area contributed by atoms with Crippen LogP contribution in [0.5, 0.6) is 0 Å². The van der Waals surface area contributed by atoms with E-state index in [4.69, 9.17) is 4.42 Å². The minimum absolute atomic E-state index is 0.486. The highest BCUT2D eigenvalue weighted by atomic mass is 79.9. The molecule has 2 rings (SSSR count). The Morgan fingerprint density at radius 2 is 2.20 bits per heavy atom. The lowest BCUT2D eigenvalue weighted by Gasteiger charge is -2.09. The summed E-state index contributed by atoms with van der Waals surface area (Å²) >= 11 is 3.38. The van der Waals surface area contributed by atoms with E-state index in [2.05, 4.69) is 15.9 Å². The summed E-state index contributed by atoms with van der Waals surface area (Å²) in [6, 6.07) is 9.55. The van der Waals surface area contributed by atoms with Crippen LogP contribution in [-0.2, 0) is 6.42 Å². The molecule has 0 fully saturated rings. The van der Waals surface area contributed by atoms with Crippen molar-refractivity contribution >= 4 is 15.9 Å². The summed E-state index contributed by atoms with van der Waals surface area (Å²) in [7, 11) is 0. The molecule has 78 valence electrons. The van der Waals surface area contributed by atoms with Crippen LogP contribution in [0, 0.1) is 0 Å². The Kier molecular flexibility index (Phi) is 3.23. The summed E-state index contributed by atoms with van der Waals surface area (Å²) < 4.78 is 5.93. The minimum atomic E-state index is -0.486. The smallest absolute Gasteiger partial charge is 0.0935 e. The molecule has 1 unspecified atom stereocenters. The van der Waals surface area contributed by atoms with Crippen LogP contribution in [0.25, 0.3) is 0 Å². The van der Waals surface area contributed by atoms with Gasteiger partial charge in [-0.15, -0.1) is 0 Å². The topological polar surface area (TPSA) is 33.4 Å². The fourth-order valence-electron chi connectivity index (χ4n) is 1.46. The molecule has 0 aliphatic heterocycles. The van der Waals surface area contributed by atoms with E-state index in [1.54, 1.807) is 12.5 Å². The monoisotopic (exact) mass is 266 g/mol.